The van der Waals surface area contributed by atoms with E-state index in [-0.39, 0.29) is 4.90 Å². The molecular weight excluding hydrogens is 326 g/mol. The highest BCUT2D eigenvalue weighted by molar-refractivity contribution is 7.85. The van der Waals surface area contributed by atoms with E-state index < -0.39 is 10.1 Å². The van der Waals surface area contributed by atoms with Gasteiger partial charge >= 0.3 is 0 Å². The summed E-state index contributed by atoms with van der Waals surface area (Å²) in [6.07, 6.45) is 9.15. The molecule has 2 heterocycles. The van der Waals surface area contributed by atoms with Crippen molar-refractivity contribution in [3.8, 4) is 11.1 Å². The topological polar surface area (TPSA) is 86.9 Å². The van der Waals surface area contributed by atoms with Gasteiger partial charge in [0.1, 0.15) is 23.5 Å². The normalized spacial score (nSPS) is 10.6. The van der Waals surface area contributed by atoms with E-state index in [1.807, 2.05) is 55.5 Å². The third-order valence-electron chi connectivity index (χ3n) is 3.18. The molecule has 124 valence electrons. The van der Waals surface area contributed by atoms with Gasteiger partial charge < -0.3 is 4.55 Å². The van der Waals surface area contributed by atoms with Crippen LogP contribution in [0.25, 0.3) is 11.1 Å². The van der Waals surface area contributed by atoms with Gasteiger partial charge in [0.25, 0.3) is 0 Å². The quantitative estimate of drug-likeness (QED) is 0.524. The smallest absolute Gasteiger partial charge is 0.169 e. The van der Waals surface area contributed by atoms with E-state index in [2.05, 4.69) is 9.97 Å². The zero-order chi connectivity index (χ0) is 17.6. The highest BCUT2D eigenvalue weighted by Gasteiger charge is 1.99. The van der Waals surface area contributed by atoms with Gasteiger partial charge in [0.15, 0.2) is 12.4 Å². The lowest BCUT2D eigenvalue weighted by molar-refractivity contribution is -0.671. The zero-order valence-corrected chi connectivity index (χ0v) is 14.1. The first kappa shape index (κ1) is 17.7. The average molecular weight is 343 g/mol. The van der Waals surface area contributed by atoms with E-state index in [4.69, 9.17) is 0 Å². The van der Waals surface area contributed by atoms with E-state index in [0.29, 0.717) is 0 Å². The molecule has 24 heavy (non-hydrogen) atoms. The summed E-state index contributed by atoms with van der Waals surface area (Å²) in [5.41, 5.74) is 3.11. The first-order valence-electron chi connectivity index (χ1n) is 7.09. The van der Waals surface area contributed by atoms with E-state index >= 15 is 0 Å². The van der Waals surface area contributed by atoms with Crippen LogP contribution in [0.5, 0.6) is 0 Å². The van der Waals surface area contributed by atoms with Crippen molar-refractivity contribution < 1.29 is 17.5 Å². The van der Waals surface area contributed by atoms with Crippen LogP contribution < -0.4 is 4.57 Å². The minimum atomic E-state index is -4.27. The van der Waals surface area contributed by atoms with Crippen LogP contribution in [0.1, 0.15) is 5.56 Å². The van der Waals surface area contributed by atoms with Crippen molar-refractivity contribution in [2.75, 3.05) is 0 Å². The fraction of sp³-hybridized carbons (Fsp3) is 0.118. The molecule has 6 nitrogen and oxygen atoms in total. The van der Waals surface area contributed by atoms with E-state index in [1.165, 1.54) is 18.5 Å². The van der Waals surface area contributed by atoms with E-state index in [1.54, 1.807) is 12.1 Å². The molecule has 3 rings (SSSR count). The van der Waals surface area contributed by atoms with Crippen LogP contribution in [-0.4, -0.2) is 22.9 Å². The second-order valence-electron chi connectivity index (χ2n) is 5.15. The molecule has 0 amide bonds. The molecule has 0 N–H and O–H groups in total. The number of rotatable bonds is 2. The summed E-state index contributed by atoms with van der Waals surface area (Å²) in [7, 11) is -2.28. The number of aryl methyl sites for hydroxylation is 2. The minimum Gasteiger partial charge on any atom is -0.744 e. The fourth-order valence-corrected chi connectivity index (χ4v) is 2.32. The molecule has 3 aromatic rings. The van der Waals surface area contributed by atoms with Crippen molar-refractivity contribution in [2.24, 2.45) is 7.05 Å². The molecule has 0 radical (unpaired) electrons. The Hall–Kier alpha value is -2.64. The molecule has 0 saturated heterocycles. The van der Waals surface area contributed by atoms with Gasteiger partial charge in [-0.25, -0.2) is 23.0 Å². The van der Waals surface area contributed by atoms with Gasteiger partial charge in [-0.15, -0.1) is 0 Å². The lowest BCUT2D eigenvalue weighted by Gasteiger charge is -2.05. The molecule has 0 unspecified atom stereocenters. The molecule has 0 aliphatic heterocycles. The van der Waals surface area contributed by atoms with Crippen LogP contribution in [-0.2, 0) is 17.2 Å². The molecule has 0 fully saturated rings. The monoisotopic (exact) mass is 343 g/mol. The molecule has 0 aliphatic carbocycles. The lowest BCUT2D eigenvalue weighted by Crippen LogP contribution is -2.25. The number of nitrogens with zero attached hydrogens (tertiary/aromatic N) is 3. The molecule has 0 bridgehead atoms. The Labute approximate surface area is 141 Å². The van der Waals surface area contributed by atoms with E-state index in [9.17, 15) is 13.0 Å². The van der Waals surface area contributed by atoms with Crippen LogP contribution in [0.3, 0.4) is 0 Å². The predicted octanol–water partition coefficient (Wildman–Crippen LogP) is 1.87. The molecule has 0 spiro atoms. The predicted molar refractivity (Wildman–Crippen MR) is 87.8 cm³/mol. The summed E-state index contributed by atoms with van der Waals surface area (Å²) in [4.78, 5) is 7.75. The summed E-state index contributed by atoms with van der Waals surface area (Å²) in [5, 5.41) is 0. The van der Waals surface area contributed by atoms with Gasteiger partial charge in [-0.2, -0.15) is 0 Å². The largest absolute Gasteiger partial charge is 0.744 e. The number of hydrogen-bond donors (Lipinski definition) is 0. The summed E-state index contributed by atoms with van der Waals surface area (Å²) >= 11 is 0. The maximum absolute atomic E-state index is 10.4. The average Bonchev–Trinajstić information content (AvgIpc) is 2.56. The van der Waals surface area contributed by atoms with Crippen LogP contribution >= 0.6 is 0 Å². The van der Waals surface area contributed by atoms with Crippen LogP contribution in [0.4, 0.5) is 0 Å². The third-order valence-corrected chi connectivity index (χ3v) is 4.03. The third kappa shape index (κ3) is 5.22. The Bertz CT molecular complexity index is 879. The molecular formula is C17H17N3O3S. The molecule has 0 saturated carbocycles. The van der Waals surface area contributed by atoms with Gasteiger partial charge in [-0.05, 0) is 24.6 Å². The van der Waals surface area contributed by atoms with Crippen molar-refractivity contribution in [1.29, 1.82) is 0 Å². The second-order valence-corrected chi connectivity index (χ2v) is 6.53. The van der Waals surface area contributed by atoms with E-state index in [0.717, 1.165) is 16.7 Å². The Morgan fingerprint density at radius 2 is 1.46 bits per heavy atom. The summed E-state index contributed by atoms with van der Waals surface area (Å²) in [6.45, 7) is 1.82. The van der Waals surface area contributed by atoms with Gasteiger partial charge in [-0.3, -0.25) is 0 Å². The molecule has 0 aliphatic rings. The van der Waals surface area contributed by atoms with Crippen molar-refractivity contribution in [3.05, 3.63) is 73.1 Å². The van der Waals surface area contributed by atoms with Crippen LogP contribution in [0.15, 0.2) is 72.4 Å². The van der Waals surface area contributed by atoms with Crippen molar-refractivity contribution in [3.63, 3.8) is 0 Å². The highest BCUT2D eigenvalue weighted by atomic mass is 32.2. The number of hydrogen-bond acceptors (Lipinski definition) is 5. The maximum Gasteiger partial charge on any atom is 0.169 e. The highest BCUT2D eigenvalue weighted by Crippen LogP contribution is 2.13. The maximum atomic E-state index is 10.4. The fourth-order valence-electron chi connectivity index (χ4n) is 1.85. The summed E-state index contributed by atoms with van der Waals surface area (Å²) < 4.78 is 33.2. The number of aromatic nitrogens is 3. The minimum absolute atomic E-state index is 0.178. The summed E-state index contributed by atoms with van der Waals surface area (Å²) in [5.74, 6) is 0. The Kier molecular flexibility index (Phi) is 5.73. The SMILES string of the molecule is C[n+]1ccc(-c2cncnc2)cc1.Cc1ccc(S(=O)(=O)[O-])cc1. The lowest BCUT2D eigenvalue weighted by atomic mass is 10.1. The Morgan fingerprint density at radius 1 is 0.917 bits per heavy atom. The van der Waals surface area contributed by atoms with Gasteiger partial charge in [-0.1, -0.05) is 17.7 Å². The second kappa shape index (κ2) is 7.76. The van der Waals surface area contributed by atoms with Crippen LogP contribution in [0, 0.1) is 6.92 Å². The first-order valence-corrected chi connectivity index (χ1v) is 8.50. The Balaban J connectivity index is 0.000000177. The molecule has 0 atom stereocenters. The van der Waals surface area contributed by atoms with Crippen molar-refractivity contribution in [2.45, 2.75) is 11.8 Å². The number of benzene rings is 1. The molecule has 2 aromatic heterocycles. The van der Waals surface area contributed by atoms with Gasteiger partial charge in [0.05, 0.1) is 4.90 Å². The summed E-state index contributed by atoms with van der Waals surface area (Å²) in [6, 6.07) is 9.86. The van der Waals surface area contributed by atoms with Gasteiger partial charge in [0, 0.05) is 30.1 Å². The van der Waals surface area contributed by atoms with Crippen molar-refractivity contribution >= 4 is 10.1 Å². The standard InChI is InChI=1S/C10H10N3.C7H8O3S/c1-13-4-2-9(3-5-13)10-6-11-8-12-7-10;1-6-2-4-7(5-3-6)11(8,9)10/h2-8H,1H3;2-5H,1H3,(H,8,9,10)/q+1;/p-1. The molecule has 1 aromatic carbocycles. The Morgan fingerprint density at radius 3 is 1.96 bits per heavy atom. The zero-order valence-electron chi connectivity index (χ0n) is 13.3. The first-order chi connectivity index (χ1) is 11.4. The number of pyridine rings is 1. The van der Waals surface area contributed by atoms with Crippen molar-refractivity contribution in [1.82, 2.24) is 9.97 Å². The van der Waals surface area contributed by atoms with Crippen LogP contribution in [0.2, 0.25) is 0 Å². The molecule has 7 heteroatoms. The van der Waals surface area contributed by atoms with Gasteiger partial charge in [0.2, 0.25) is 0 Å².